The molecule has 1 heterocycles. The van der Waals surface area contributed by atoms with Crippen LogP contribution in [0.4, 0.5) is 28.4 Å². The van der Waals surface area contributed by atoms with Gasteiger partial charge in [0.25, 0.3) is 0 Å². The molecule has 1 aliphatic rings. The molecule has 8 nitrogen and oxygen atoms in total. The molecule has 3 rings (SSSR count). The Morgan fingerprint density at radius 1 is 1.06 bits per heavy atom. The molecule has 0 fully saturated rings. The number of alkyl halides is 3. The van der Waals surface area contributed by atoms with Crippen LogP contribution in [0.5, 0.6) is 0 Å². The number of anilines is 1. The van der Waals surface area contributed by atoms with Crippen molar-refractivity contribution in [3.63, 3.8) is 0 Å². The molecule has 36 heavy (non-hydrogen) atoms. The average molecular weight is 501 g/mol. The number of hydrogen-bond acceptors (Lipinski definition) is 6. The fraction of sp³-hybridized carbons (Fsp3) is 0.280. The van der Waals surface area contributed by atoms with Crippen molar-refractivity contribution in [3.8, 4) is 6.07 Å². The summed E-state index contributed by atoms with van der Waals surface area (Å²) < 4.78 is 50.4. The van der Waals surface area contributed by atoms with E-state index in [1.807, 2.05) is 6.07 Å². The standard InChI is InChI=1S/C25H22F3N3O5/c1-4-35-22(32)20-15(3)30(19-8-6-7-18(13-19)25(26,27)28)23(33)31(24(34)36-5-2)21(20)17-11-9-16(14-29)10-12-17/h6-13,21H,4-5H2,1-3H3. The number of esters is 1. The van der Waals surface area contributed by atoms with Crippen molar-refractivity contribution in [2.45, 2.75) is 33.0 Å². The number of imide groups is 1. The molecule has 188 valence electrons. The number of benzene rings is 2. The van der Waals surface area contributed by atoms with Crippen LogP contribution in [-0.4, -0.2) is 36.2 Å². The van der Waals surface area contributed by atoms with Crippen LogP contribution in [0.3, 0.4) is 0 Å². The summed E-state index contributed by atoms with van der Waals surface area (Å²) >= 11 is 0. The van der Waals surface area contributed by atoms with Crippen molar-refractivity contribution in [1.29, 1.82) is 5.26 Å². The van der Waals surface area contributed by atoms with Gasteiger partial charge in [0.2, 0.25) is 0 Å². The summed E-state index contributed by atoms with van der Waals surface area (Å²) in [4.78, 5) is 41.3. The summed E-state index contributed by atoms with van der Waals surface area (Å²) in [7, 11) is 0. The molecule has 0 N–H and O–H groups in total. The molecule has 0 aromatic heterocycles. The maximum absolute atomic E-state index is 13.7. The van der Waals surface area contributed by atoms with Crippen molar-refractivity contribution >= 4 is 23.8 Å². The van der Waals surface area contributed by atoms with Crippen molar-refractivity contribution in [1.82, 2.24) is 4.90 Å². The average Bonchev–Trinajstić information content (AvgIpc) is 2.83. The first-order valence-corrected chi connectivity index (χ1v) is 10.9. The zero-order valence-corrected chi connectivity index (χ0v) is 19.6. The van der Waals surface area contributed by atoms with Crippen LogP contribution in [0.1, 0.15) is 43.5 Å². The minimum Gasteiger partial charge on any atom is -0.463 e. The quantitative estimate of drug-likeness (QED) is 0.498. The normalized spacial score (nSPS) is 16.0. The number of rotatable bonds is 5. The molecule has 11 heteroatoms. The van der Waals surface area contributed by atoms with Crippen molar-refractivity contribution in [2.24, 2.45) is 0 Å². The van der Waals surface area contributed by atoms with Crippen LogP contribution < -0.4 is 4.90 Å². The number of urea groups is 1. The zero-order valence-electron chi connectivity index (χ0n) is 19.6. The molecule has 1 atom stereocenters. The van der Waals surface area contributed by atoms with E-state index in [-0.39, 0.29) is 30.2 Å². The Labute approximate surface area is 205 Å². The number of hydrogen-bond donors (Lipinski definition) is 0. The minimum absolute atomic E-state index is 0.0207. The SMILES string of the molecule is CCOC(=O)C1=C(C)N(c2cccc(C(F)(F)F)c2)C(=O)N(C(=O)OCC)C1c1ccc(C#N)cc1. The second-order valence-corrected chi connectivity index (χ2v) is 7.59. The summed E-state index contributed by atoms with van der Waals surface area (Å²) in [5.41, 5.74) is -0.801. The summed E-state index contributed by atoms with van der Waals surface area (Å²) in [6, 6.07) is 9.40. The third kappa shape index (κ3) is 5.02. The number of nitriles is 1. The van der Waals surface area contributed by atoms with Gasteiger partial charge in [0, 0.05) is 5.70 Å². The molecule has 0 saturated carbocycles. The number of carbonyl (C=O) groups is 3. The molecule has 0 radical (unpaired) electrons. The van der Waals surface area contributed by atoms with E-state index in [0.717, 1.165) is 23.1 Å². The van der Waals surface area contributed by atoms with E-state index in [0.29, 0.717) is 16.0 Å². The van der Waals surface area contributed by atoms with E-state index in [1.165, 1.54) is 44.2 Å². The van der Waals surface area contributed by atoms with Gasteiger partial charge >= 0.3 is 24.3 Å². The van der Waals surface area contributed by atoms with Crippen LogP contribution in [-0.2, 0) is 20.4 Å². The Kier molecular flexibility index (Phi) is 7.68. The lowest BCUT2D eigenvalue weighted by atomic mass is 9.92. The fourth-order valence-corrected chi connectivity index (χ4v) is 3.83. The molecule has 3 amide bonds. The molecule has 2 aromatic carbocycles. The Morgan fingerprint density at radius 2 is 1.69 bits per heavy atom. The number of halogens is 3. The first-order valence-electron chi connectivity index (χ1n) is 10.9. The van der Waals surface area contributed by atoms with Crippen LogP contribution >= 0.6 is 0 Å². The Hall–Kier alpha value is -4.33. The molecular weight excluding hydrogens is 479 g/mol. The summed E-state index contributed by atoms with van der Waals surface area (Å²) in [6.45, 7) is 4.31. The molecule has 0 bridgehead atoms. The number of allylic oxidation sites excluding steroid dienone is 1. The lowest BCUT2D eigenvalue weighted by Gasteiger charge is -2.41. The van der Waals surface area contributed by atoms with Crippen LogP contribution in [0.15, 0.2) is 59.8 Å². The smallest absolute Gasteiger partial charge is 0.418 e. The molecule has 1 unspecified atom stereocenters. The maximum Gasteiger partial charge on any atom is 0.418 e. The van der Waals surface area contributed by atoms with Crippen LogP contribution in [0.2, 0.25) is 0 Å². The van der Waals surface area contributed by atoms with Crippen molar-refractivity contribution in [3.05, 3.63) is 76.5 Å². The topological polar surface area (TPSA) is 99.9 Å². The summed E-state index contributed by atoms with van der Waals surface area (Å²) in [6.07, 6.45) is -5.80. The van der Waals surface area contributed by atoms with Crippen molar-refractivity contribution in [2.75, 3.05) is 18.1 Å². The lowest BCUT2D eigenvalue weighted by molar-refractivity contribution is -0.139. The van der Waals surface area contributed by atoms with Gasteiger partial charge in [0.15, 0.2) is 0 Å². The summed E-state index contributed by atoms with van der Waals surface area (Å²) in [5.74, 6) is -0.872. The van der Waals surface area contributed by atoms with Gasteiger partial charge in [-0.1, -0.05) is 18.2 Å². The van der Waals surface area contributed by atoms with E-state index in [4.69, 9.17) is 14.7 Å². The van der Waals surface area contributed by atoms with Gasteiger partial charge in [-0.15, -0.1) is 0 Å². The number of nitrogens with zero attached hydrogens (tertiary/aromatic N) is 3. The number of ether oxygens (including phenoxy) is 2. The predicted molar refractivity (Wildman–Crippen MR) is 121 cm³/mol. The van der Waals surface area contributed by atoms with Gasteiger partial charge in [-0.3, -0.25) is 4.90 Å². The summed E-state index contributed by atoms with van der Waals surface area (Å²) in [5, 5.41) is 9.12. The van der Waals surface area contributed by atoms with Crippen LogP contribution in [0, 0.1) is 11.3 Å². The Balaban J connectivity index is 2.31. The predicted octanol–water partition coefficient (Wildman–Crippen LogP) is 5.55. The first kappa shape index (κ1) is 26.3. The maximum atomic E-state index is 13.7. The number of carbonyl (C=O) groups excluding carboxylic acids is 3. The second-order valence-electron chi connectivity index (χ2n) is 7.59. The number of amides is 3. The highest BCUT2D eigenvalue weighted by Gasteiger charge is 2.47. The van der Waals surface area contributed by atoms with Gasteiger partial charge in [0.05, 0.1) is 41.7 Å². The highest BCUT2D eigenvalue weighted by molar-refractivity contribution is 6.08. The highest BCUT2D eigenvalue weighted by Crippen LogP contribution is 2.41. The Morgan fingerprint density at radius 3 is 2.25 bits per heavy atom. The monoisotopic (exact) mass is 501 g/mol. The third-order valence-corrected chi connectivity index (χ3v) is 5.40. The Bertz CT molecular complexity index is 1250. The lowest BCUT2D eigenvalue weighted by Crippen LogP contribution is -2.53. The fourth-order valence-electron chi connectivity index (χ4n) is 3.83. The zero-order chi connectivity index (χ0) is 26.6. The van der Waals surface area contributed by atoms with E-state index in [9.17, 15) is 27.6 Å². The van der Waals surface area contributed by atoms with Crippen LogP contribution in [0.25, 0.3) is 0 Å². The second kappa shape index (κ2) is 10.5. The molecule has 0 saturated heterocycles. The molecule has 2 aromatic rings. The minimum atomic E-state index is -4.69. The van der Waals surface area contributed by atoms with Gasteiger partial charge in [0.1, 0.15) is 6.04 Å². The molecule has 0 aliphatic carbocycles. The van der Waals surface area contributed by atoms with E-state index >= 15 is 0 Å². The van der Waals surface area contributed by atoms with Crippen molar-refractivity contribution < 1.29 is 37.0 Å². The molecule has 1 aliphatic heterocycles. The largest absolute Gasteiger partial charge is 0.463 e. The molecular formula is C25H22F3N3O5. The third-order valence-electron chi connectivity index (χ3n) is 5.40. The van der Waals surface area contributed by atoms with E-state index < -0.39 is 35.9 Å². The first-order chi connectivity index (χ1) is 17.0. The van der Waals surface area contributed by atoms with Gasteiger partial charge in [-0.05, 0) is 56.7 Å². The van der Waals surface area contributed by atoms with Gasteiger partial charge in [-0.2, -0.15) is 18.4 Å². The van der Waals surface area contributed by atoms with E-state index in [1.54, 1.807) is 6.92 Å². The van der Waals surface area contributed by atoms with Gasteiger partial charge in [-0.25, -0.2) is 19.3 Å². The highest BCUT2D eigenvalue weighted by atomic mass is 19.4. The van der Waals surface area contributed by atoms with E-state index in [2.05, 4.69) is 0 Å². The van der Waals surface area contributed by atoms with Gasteiger partial charge < -0.3 is 9.47 Å². The molecule has 0 spiro atoms.